The molecule has 9 atom stereocenters. The molecule has 1 aliphatic heterocycles. The van der Waals surface area contributed by atoms with Crippen LogP contribution in [0.4, 0.5) is 0 Å². The van der Waals surface area contributed by atoms with Crippen LogP contribution in [-0.4, -0.2) is 181 Å². The molecular formula is C50H83N7O11. The second-order valence-electron chi connectivity index (χ2n) is 18.5. The number of hydrogen-bond acceptors (Lipinski definition) is 12. The minimum absolute atomic E-state index is 0.0123. The standard InChI is InChI=1S/C50H83N7O11/c1-14-25-68-32-52-41(58)31-67-28-27-66-26-23-51-48(61)38(29-37-20-17-16-18-21-37)53-47(60)36(8)46(65-13)39-22-19-24-57(39)42(59)30-40(64-12)45(35(7)15-2)56(11)50(63)43(33(3)4)54-49(62)44(34(5)6)55(9)10/h1,16-18,20-21,33-36,38-40,43-46H,15,19,22-32H2,2-13H3,(H,51,61)(H,52,58)(H,53,60)(H,54,62)/t35?,36-,38+,39+,40?,43+,44+,45+,46-/m1/s1. The van der Waals surface area contributed by atoms with Crippen molar-refractivity contribution in [2.45, 2.75) is 123 Å². The van der Waals surface area contributed by atoms with Crippen LogP contribution >= 0.6 is 0 Å². The Morgan fingerprint density at radius 1 is 0.838 bits per heavy atom. The van der Waals surface area contributed by atoms with Crippen LogP contribution in [0.25, 0.3) is 0 Å². The summed E-state index contributed by atoms with van der Waals surface area (Å²) in [6, 6.07) is 6.27. The van der Waals surface area contributed by atoms with Crippen LogP contribution in [0.2, 0.25) is 0 Å². The van der Waals surface area contributed by atoms with Crippen LogP contribution in [0.1, 0.15) is 79.7 Å². The number of nitrogens with zero attached hydrogens (tertiary/aromatic N) is 3. The zero-order valence-electron chi connectivity index (χ0n) is 42.8. The predicted molar refractivity (Wildman–Crippen MR) is 260 cm³/mol. The van der Waals surface area contributed by atoms with E-state index in [4.69, 9.17) is 30.1 Å². The van der Waals surface area contributed by atoms with E-state index in [0.29, 0.717) is 25.8 Å². The highest BCUT2D eigenvalue weighted by atomic mass is 16.5. The van der Waals surface area contributed by atoms with Gasteiger partial charge in [-0.2, -0.15) is 0 Å². The van der Waals surface area contributed by atoms with E-state index in [2.05, 4.69) is 27.2 Å². The Kier molecular flexibility index (Phi) is 27.5. The molecule has 4 N–H and O–H groups in total. The molecule has 2 rings (SSSR count). The van der Waals surface area contributed by atoms with E-state index in [0.717, 1.165) is 5.56 Å². The van der Waals surface area contributed by atoms with Gasteiger partial charge < -0.3 is 54.8 Å². The van der Waals surface area contributed by atoms with Gasteiger partial charge in [0.05, 0.1) is 62.5 Å². The van der Waals surface area contributed by atoms with E-state index in [-0.39, 0.29) is 101 Å². The first-order valence-corrected chi connectivity index (χ1v) is 24.0. The molecule has 0 aromatic heterocycles. The van der Waals surface area contributed by atoms with Crippen molar-refractivity contribution in [2.75, 3.05) is 88.2 Å². The number of carbonyl (C=O) groups is 6. The minimum Gasteiger partial charge on any atom is -0.379 e. The van der Waals surface area contributed by atoms with Crippen LogP contribution in [0, 0.1) is 36.0 Å². The highest BCUT2D eigenvalue weighted by Crippen LogP contribution is 2.30. The zero-order valence-corrected chi connectivity index (χ0v) is 42.8. The second kappa shape index (κ2) is 31.5. The highest BCUT2D eigenvalue weighted by molar-refractivity contribution is 5.91. The Bertz CT molecular complexity index is 1740. The molecule has 2 unspecified atom stereocenters. The van der Waals surface area contributed by atoms with Gasteiger partial charge in [0, 0.05) is 40.8 Å². The van der Waals surface area contributed by atoms with Crippen molar-refractivity contribution in [2.24, 2.45) is 23.7 Å². The van der Waals surface area contributed by atoms with Gasteiger partial charge in [-0.3, -0.25) is 33.7 Å². The van der Waals surface area contributed by atoms with E-state index in [9.17, 15) is 28.8 Å². The molecule has 1 aromatic carbocycles. The molecule has 384 valence electrons. The number of likely N-dealkylation sites (N-methyl/N-ethyl adjacent to an activating group) is 2. The molecule has 1 heterocycles. The lowest BCUT2D eigenvalue weighted by Gasteiger charge is -2.41. The summed E-state index contributed by atoms with van der Waals surface area (Å²) >= 11 is 0. The molecule has 0 aliphatic carbocycles. The number of hydrogen-bond donors (Lipinski definition) is 4. The Morgan fingerprint density at radius 3 is 2.10 bits per heavy atom. The van der Waals surface area contributed by atoms with E-state index in [1.165, 1.54) is 7.11 Å². The number of carbonyl (C=O) groups excluding carboxylic acids is 6. The maximum atomic E-state index is 14.4. The largest absolute Gasteiger partial charge is 0.379 e. The molecule has 1 aliphatic rings. The van der Waals surface area contributed by atoms with Gasteiger partial charge in [-0.05, 0) is 50.3 Å². The summed E-state index contributed by atoms with van der Waals surface area (Å²) < 4.78 is 27.9. The fraction of sp³-hybridized carbons (Fsp3) is 0.720. The maximum Gasteiger partial charge on any atom is 0.247 e. The normalized spacial score (nSPS) is 17.3. The van der Waals surface area contributed by atoms with Crippen molar-refractivity contribution in [3.63, 3.8) is 0 Å². The summed E-state index contributed by atoms with van der Waals surface area (Å²) in [4.78, 5) is 87.0. The topological polar surface area (TPSA) is 206 Å². The van der Waals surface area contributed by atoms with Gasteiger partial charge in [0.25, 0.3) is 0 Å². The number of likely N-dealkylation sites (tertiary alicyclic amines) is 1. The Balaban J connectivity index is 2.16. The number of nitrogens with one attached hydrogen (secondary N) is 4. The van der Waals surface area contributed by atoms with Gasteiger partial charge in [-0.1, -0.05) is 91.1 Å². The molecule has 0 saturated carbocycles. The van der Waals surface area contributed by atoms with Gasteiger partial charge in [0.15, 0.2) is 0 Å². The van der Waals surface area contributed by atoms with Crippen molar-refractivity contribution in [1.82, 2.24) is 36.0 Å². The van der Waals surface area contributed by atoms with Crippen LogP contribution in [0.5, 0.6) is 0 Å². The zero-order chi connectivity index (χ0) is 50.9. The summed E-state index contributed by atoms with van der Waals surface area (Å²) in [6.07, 6.45) is 5.93. The lowest BCUT2D eigenvalue weighted by molar-refractivity contribution is -0.148. The summed E-state index contributed by atoms with van der Waals surface area (Å²) in [5, 5.41) is 11.3. The quantitative estimate of drug-likeness (QED) is 0.0467. The molecule has 0 radical (unpaired) electrons. The van der Waals surface area contributed by atoms with Crippen LogP contribution in [0.15, 0.2) is 30.3 Å². The van der Waals surface area contributed by atoms with Crippen LogP contribution in [0.3, 0.4) is 0 Å². The molecule has 1 aromatic rings. The number of rotatable bonds is 32. The first-order chi connectivity index (χ1) is 32.3. The Hall–Kier alpha value is -4.64. The van der Waals surface area contributed by atoms with Gasteiger partial charge in [0.1, 0.15) is 32.0 Å². The summed E-state index contributed by atoms with van der Waals surface area (Å²) in [5.74, 6) is -0.541. The molecule has 0 bridgehead atoms. The van der Waals surface area contributed by atoms with Crippen molar-refractivity contribution >= 4 is 35.4 Å². The lowest BCUT2D eigenvalue weighted by atomic mass is 9.89. The van der Waals surface area contributed by atoms with Crippen molar-refractivity contribution in [3.8, 4) is 12.3 Å². The Morgan fingerprint density at radius 2 is 1.51 bits per heavy atom. The first-order valence-electron chi connectivity index (χ1n) is 24.0. The van der Waals surface area contributed by atoms with Gasteiger partial charge in [-0.15, -0.1) is 6.42 Å². The second-order valence-corrected chi connectivity index (χ2v) is 18.5. The summed E-state index contributed by atoms with van der Waals surface area (Å²) in [7, 11) is 8.47. The number of ether oxygens (including phenoxy) is 5. The van der Waals surface area contributed by atoms with Gasteiger partial charge in [0.2, 0.25) is 35.4 Å². The van der Waals surface area contributed by atoms with Crippen molar-refractivity contribution in [1.29, 1.82) is 0 Å². The smallest absolute Gasteiger partial charge is 0.247 e. The van der Waals surface area contributed by atoms with Gasteiger partial charge >= 0.3 is 0 Å². The minimum atomic E-state index is -0.925. The fourth-order valence-corrected chi connectivity index (χ4v) is 8.82. The molecule has 1 fully saturated rings. The van der Waals surface area contributed by atoms with Crippen LogP contribution in [-0.2, 0) is 58.9 Å². The first kappa shape index (κ1) is 59.5. The van der Waals surface area contributed by atoms with Crippen molar-refractivity contribution < 1.29 is 52.5 Å². The Labute approximate surface area is 405 Å². The summed E-state index contributed by atoms with van der Waals surface area (Å²) in [5.41, 5.74) is 0.848. The fourth-order valence-electron chi connectivity index (χ4n) is 8.82. The molecule has 1 saturated heterocycles. The molecule has 18 heteroatoms. The maximum absolute atomic E-state index is 14.4. The monoisotopic (exact) mass is 958 g/mol. The third-order valence-electron chi connectivity index (χ3n) is 12.6. The summed E-state index contributed by atoms with van der Waals surface area (Å²) in [6.45, 7) is 14.6. The van der Waals surface area contributed by atoms with E-state index in [1.807, 2.05) is 90.9 Å². The molecule has 0 spiro atoms. The third kappa shape index (κ3) is 19.0. The van der Waals surface area contributed by atoms with Crippen molar-refractivity contribution in [3.05, 3.63) is 35.9 Å². The number of amides is 6. The number of terminal acetylenes is 1. The van der Waals surface area contributed by atoms with E-state index in [1.54, 1.807) is 30.9 Å². The van der Waals surface area contributed by atoms with Gasteiger partial charge in [-0.25, -0.2) is 0 Å². The van der Waals surface area contributed by atoms with E-state index >= 15 is 0 Å². The number of benzene rings is 1. The van der Waals surface area contributed by atoms with E-state index < -0.39 is 60.1 Å². The predicted octanol–water partition coefficient (Wildman–Crippen LogP) is 2.23. The number of methoxy groups -OCH3 is 2. The average Bonchev–Trinajstić information content (AvgIpc) is 3.79. The lowest BCUT2D eigenvalue weighted by Crippen LogP contribution is -2.59. The average molecular weight is 958 g/mol. The third-order valence-corrected chi connectivity index (χ3v) is 12.6. The highest BCUT2D eigenvalue weighted by Gasteiger charge is 2.43. The molecule has 68 heavy (non-hydrogen) atoms. The molecular weight excluding hydrogens is 875 g/mol. The molecule has 6 amide bonds. The van der Waals surface area contributed by atoms with Crippen LogP contribution < -0.4 is 21.3 Å². The SMILES string of the molecule is C#CCOCNC(=O)COCCOCCNC(=O)[C@H](Cc1ccccc1)NC(=O)[C@H](C)[C@@H](OC)[C@@H]1CCCN1C(=O)CC(OC)[C@H](C(C)CC)N(C)C(=O)[C@@H](NC(=O)[C@H](C(C)C)N(C)C)C(C)C. The molecule has 18 nitrogen and oxygen atoms in total.